The van der Waals surface area contributed by atoms with E-state index in [0.29, 0.717) is 30.1 Å². The molecule has 3 rings (SSSR count). The Morgan fingerprint density at radius 1 is 1.30 bits per heavy atom. The number of ether oxygens (including phenoxy) is 1. The van der Waals surface area contributed by atoms with E-state index in [1.807, 2.05) is 0 Å². The van der Waals surface area contributed by atoms with Gasteiger partial charge in [-0.1, -0.05) is 38.7 Å². The topological polar surface area (TPSA) is 49.7 Å². The van der Waals surface area contributed by atoms with Crippen LogP contribution in [0.4, 0.5) is 0 Å². The van der Waals surface area contributed by atoms with Gasteiger partial charge < -0.3 is 14.9 Å². The molecule has 1 saturated heterocycles. The first-order chi connectivity index (χ1) is 10.8. The summed E-state index contributed by atoms with van der Waals surface area (Å²) in [6.07, 6.45) is 6.40. The fourth-order valence-electron chi connectivity index (χ4n) is 5.25. The van der Waals surface area contributed by atoms with E-state index in [-0.39, 0.29) is 11.5 Å². The Balaban J connectivity index is 1.83. The van der Waals surface area contributed by atoms with E-state index in [2.05, 4.69) is 33.1 Å². The molecule has 0 aromatic rings. The molecule has 6 atom stereocenters. The molecule has 2 aliphatic carbocycles. The highest BCUT2D eigenvalue weighted by Gasteiger charge is 2.50. The van der Waals surface area contributed by atoms with Gasteiger partial charge in [-0.25, -0.2) is 0 Å². The monoisotopic (exact) mass is 318 g/mol. The SMILES string of the molecule is C=C1OC[C@@H](O)/C1=C\C[C@@H]1C(=C)CC[C@@H]2[C@@H](C)[C@H](O)CC[C@@]12C. The number of allylic oxidation sites excluding steroid dienone is 2. The summed E-state index contributed by atoms with van der Waals surface area (Å²) in [5.41, 5.74) is 2.35. The highest BCUT2D eigenvalue weighted by molar-refractivity contribution is 5.32. The number of hydrogen-bond donors (Lipinski definition) is 2. The van der Waals surface area contributed by atoms with Crippen LogP contribution in [0, 0.1) is 23.2 Å². The van der Waals surface area contributed by atoms with Gasteiger partial charge in [-0.05, 0) is 55.3 Å². The molecule has 1 aliphatic heterocycles. The maximum Gasteiger partial charge on any atom is 0.118 e. The Kier molecular flexibility index (Phi) is 4.45. The summed E-state index contributed by atoms with van der Waals surface area (Å²) in [5.74, 6) is 1.91. The first-order valence-electron chi connectivity index (χ1n) is 8.90. The van der Waals surface area contributed by atoms with Crippen molar-refractivity contribution in [1.82, 2.24) is 0 Å². The van der Waals surface area contributed by atoms with Gasteiger partial charge >= 0.3 is 0 Å². The normalized spacial score (nSPS) is 45.9. The minimum Gasteiger partial charge on any atom is -0.491 e. The van der Waals surface area contributed by atoms with Crippen LogP contribution in [-0.2, 0) is 4.74 Å². The summed E-state index contributed by atoms with van der Waals surface area (Å²) < 4.78 is 5.34. The van der Waals surface area contributed by atoms with Crippen molar-refractivity contribution in [3.05, 3.63) is 36.1 Å². The van der Waals surface area contributed by atoms with Crippen molar-refractivity contribution >= 4 is 0 Å². The van der Waals surface area contributed by atoms with Gasteiger partial charge in [0.05, 0.1) is 6.10 Å². The van der Waals surface area contributed by atoms with Crippen molar-refractivity contribution in [2.75, 3.05) is 6.61 Å². The van der Waals surface area contributed by atoms with Gasteiger partial charge in [0.15, 0.2) is 0 Å². The molecule has 1 heterocycles. The van der Waals surface area contributed by atoms with Gasteiger partial charge in [-0.3, -0.25) is 0 Å². The summed E-state index contributed by atoms with van der Waals surface area (Å²) in [5, 5.41) is 20.3. The zero-order chi connectivity index (χ0) is 16.8. The Morgan fingerprint density at radius 3 is 2.70 bits per heavy atom. The predicted molar refractivity (Wildman–Crippen MR) is 91.7 cm³/mol. The molecule has 0 spiro atoms. The summed E-state index contributed by atoms with van der Waals surface area (Å²) in [4.78, 5) is 0. The fraction of sp³-hybridized carbons (Fsp3) is 0.700. The zero-order valence-electron chi connectivity index (χ0n) is 14.4. The second-order valence-corrected chi connectivity index (χ2v) is 7.97. The lowest BCUT2D eigenvalue weighted by molar-refractivity contribution is -0.0696. The zero-order valence-corrected chi connectivity index (χ0v) is 14.4. The van der Waals surface area contributed by atoms with E-state index >= 15 is 0 Å². The molecule has 2 saturated carbocycles. The van der Waals surface area contributed by atoms with Crippen molar-refractivity contribution in [3.8, 4) is 0 Å². The van der Waals surface area contributed by atoms with Crippen LogP contribution < -0.4 is 0 Å². The molecular formula is C20H30O3. The Bertz CT molecular complexity index is 535. The predicted octanol–water partition coefficient (Wildman–Crippen LogP) is 3.59. The van der Waals surface area contributed by atoms with Crippen LogP contribution in [0.2, 0.25) is 0 Å². The van der Waals surface area contributed by atoms with Crippen molar-refractivity contribution in [3.63, 3.8) is 0 Å². The Hall–Kier alpha value is -1.06. The number of aliphatic hydroxyl groups excluding tert-OH is 2. The molecule has 2 N–H and O–H groups in total. The highest BCUT2D eigenvalue weighted by Crippen LogP contribution is 2.57. The summed E-state index contributed by atoms with van der Waals surface area (Å²) in [6, 6.07) is 0. The van der Waals surface area contributed by atoms with Gasteiger partial charge in [-0.15, -0.1) is 0 Å². The minimum atomic E-state index is -0.546. The van der Waals surface area contributed by atoms with Crippen LogP contribution in [0.15, 0.2) is 36.1 Å². The number of fused-ring (bicyclic) bond motifs is 1. The second kappa shape index (κ2) is 6.10. The molecule has 3 aliphatic rings. The average Bonchev–Trinajstić information content (AvgIpc) is 2.82. The largest absolute Gasteiger partial charge is 0.491 e. The summed E-state index contributed by atoms with van der Waals surface area (Å²) in [7, 11) is 0. The molecule has 0 aromatic carbocycles. The Morgan fingerprint density at radius 2 is 2.04 bits per heavy atom. The highest BCUT2D eigenvalue weighted by atomic mass is 16.5. The van der Waals surface area contributed by atoms with Crippen molar-refractivity contribution in [2.45, 2.75) is 58.2 Å². The molecule has 23 heavy (non-hydrogen) atoms. The molecule has 0 radical (unpaired) electrons. The minimum absolute atomic E-state index is 0.164. The summed E-state index contributed by atoms with van der Waals surface area (Å²) in [6.45, 7) is 13.1. The van der Waals surface area contributed by atoms with Crippen LogP contribution >= 0.6 is 0 Å². The second-order valence-electron chi connectivity index (χ2n) is 7.97. The van der Waals surface area contributed by atoms with Crippen LogP contribution in [-0.4, -0.2) is 29.0 Å². The average molecular weight is 318 g/mol. The van der Waals surface area contributed by atoms with E-state index in [4.69, 9.17) is 4.74 Å². The molecule has 3 nitrogen and oxygen atoms in total. The molecule has 3 heteroatoms. The van der Waals surface area contributed by atoms with Gasteiger partial charge in [0.1, 0.15) is 18.5 Å². The van der Waals surface area contributed by atoms with E-state index in [1.165, 1.54) is 5.57 Å². The molecular weight excluding hydrogens is 288 g/mol. The smallest absolute Gasteiger partial charge is 0.118 e. The molecule has 128 valence electrons. The maximum absolute atomic E-state index is 10.3. The molecule has 0 unspecified atom stereocenters. The van der Waals surface area contributed by atoms with Gasteiger partial charge in [0.25, 0.3) is 0 Å². The van der Waals surface area contributed by atoms with E-state index in [0.717, 1.165) is 37.7 Å². The fourth-order valence-corrected chi connectivity index (χ4v) is 5.25. The first-order valence-corrected chi connectivity index (χ1v) is 8.90. The van der Waals surface area contributed by atoms with Crippen molar-refractivity contribution < 1.29 is 14.9 Å². The number of rotatable bonds is 2. The molecule has 0 bridgehead atoms. The van der Waals surface area contributed by atoms with Crippen LogP contribution in [0.1, 0.15) is 46.0 Å². The van der Waals surface area contributed by atoms with Crippen LogP contribution in [0.3, 0.4) is 0 Å². The maximum atomic E-state index is 10.3. The third kappa shape index (κ3) is 2.78. The van der Waals surface area contributed by atoms with Crippen molar-refractivity contribution in [2.24, 2.45) is 23.2 Å². The quantitative estimate of drug-likeness (QED) is 0.765. The molecule has 0 amide bonds. The summed E-state index contributed by atoms with van der Waals surface area (Å²) >= 11 is 0. The van der Waals surface area contributed by atoms with E-state index in [9.17, 15) is 10.2 Å². The van der Waals surface area contributed by atoms with Gasteiger partial charge in [-0.2, -0.15) is 0 Å². The lowest BCUT2D eigenvalue weighted by Gasteiger charge is -2.55. The number of aliphatic hydroxyl groups is 2. The van der Waals surface area contributed by atoms with Gasteiger partial charge in [0.2, 0.25) is 0 Å². The lowest BCUT2D eigenvalue weighted by Crippen LogP contribution is -2.49. The van der Waals surface area contributed by atoms with Crippen molar-refractivity contribution in [1.29, 1.82) is 0 Å². The van der Waals surface area contributed by atoms with Gasteiger partial charge in [0, 0.05) is 5.57 Å². The van der Waals surface area contributed by atoms with E-state index < -0.39 is 6.10 Å². The number of hydrogen-bond acceptors (Lipinski definition) is 3. The first kappa shape index (κ1) is 16.8. The third-order valence-corrected chi connectivity index (χ3v) is 6.80. The lowest BCUT2D eigenvalue weighted by atomic mass is 9.50. The van der Waals surface area contributed by atoms with Crippen LogP contribution in [0.25, 0.3) is 0 Å². The molecule has 0 aromatic heterocycles. The van der Waals surface area contributed by atoms with Crippen LogP contribution in [0.5, 0.6) is 0 Å². The van der Waals surface area contributed by atoms with E-state index in [1.54, 1.807) is 0 Å². The third-order valence-electron chi connectivity index (χ3n) is 6.80. The standard InChI is InChI=1S/C20H30O3/c1-12-5-7-17-13(2)18(21)9-10-20(17,4)16(12)8-6-15-14(3)23-11-19(15)22/h6,13,16-19,21-22H,1,3,5,7-11H2,2,4H3/b15-6-/t13-,16-,17-,18-,19-,20+/m1/s1. The molecule has 3 fully saturated rings. The Labute approximate surface area is 139 Å².